The van der Waals surface area contributed by atoms with Gasteiger partial charge >= 0.3 is 29.6 Å². The second kappa shape index (κ2) is 168. The summed E-state index contributed by atoms with van der Waals surface area (Å²) in [6, 6.07) is 0. The fourth-order valence-electron chi connectivity index (χ4n) is 0. The first-order valence-electron chi connectivity index (χ1n) is 0. The van der Waals surface area contributed by atoms with Crippen LogP contribution in [0.2, 0.25) is 0 Å². The van der Waals surface area contributed by atoms with Crippen LogP contribution in [0.3, 0.4) is 0 Å². The molecule has 0 spiro atoms. The predicted molar refractivity (Wildman–Crippen MR) is 25.2 cm³/mol. The fraction of sp³-hybridized carbons (Fsp3) is 0. The zero-order valence-corrected chi connectivity index (χ0v) is 3.74. The van der Waals surface area contributed by atoms with E-state index in [0.29, 0.717) is 0 Å². The van der Waals surface area contributed by atoms with Crippen molar-refractivity contribution in [3.05, 3.63) is 0 Å². The first-order valence-corrected chi connectivity index (χ1v) is 0. The quantitative estimate of drug-likeness (QED) is 0.326. The van der Waals surface area contributed by atoms with Crippen molar-refractivity contribution >= 4 is 29.6 Å². The van der Waals surface area contributed by atoms with Gasteiger partial charge in [0, 0.05) is 17.1 Å². The summed E-state index contributed by atoms with van der Waals surface area (Å²) in [7, 11) is 0. The van der Waals surface area contributed by atoms with Gasteiger partial charge in [0.2, 0.25) is 0 Å². The van der Waals surface area contributed by atoms with Crippen LogP contribution in [0, 0.1) is 0 Å². The van der Waals surface area contributed by atoms with Crippen molar-refractivity contribution in [2.75, 3.05) is 0 Å². The van der Waals surface area contributed by atoms with Gasteiger partial charge in [0.1, 0.15) is 0 Å². The van der Waals surface area contributed by atoms with E-state index in [1.807, 2.05) is 0 Å². The van der Waals surface area contributed by atoms with Crippen molar-refractivity contribution in [3.63, 3.8) is 0 Å². The molecule has 0 saturated heterocycles. The van der Waals surface area contributed by atoms with Gasteiger partial charge in [0.25, 0.3) is 0 Å². The molecule has 1 radical (unpaired) electrons. The molecule has 0 bridgehead atoms. The fourth-order valence-corrected chi connectivity index (χ4v) is 0. The van der Waals surface area contributed by atoms with Crippen LogP contribution in [0.4, 0.5) is 0 Å². The third-order valence-electron chi connectivity index (χ3n) is 0. The van der Waals surface area contributed by atoms with Gasteiger partial charge in [-0.1, -0.05) is 0 Å². The summed E-state index contributed by atoms with van der Waals surface area (Å²) in [5.41, 5.74) is 0. The molecule has 0 fully saturated rings. The van der Waals surface area contributed by atoms with Gasteiger partial charge in [-0.05, 0) is 0 Å². The van der Waals surface area contributed by atoms with E-state index in [9.17, 15) is 0 Å². The molecule has 0 saturated carbocycles. The van der Waals surface area contributed by atoms with Crippen molar-refractivity contribution in [2.24, 2.45) is 0 Å². The first-order chi connectivity index (χ1) is 0. The molecule has 7 heavy (non-hydrogen) atoms. The molecule has 0 unspecified atom stereocenters. The van der Waals surface area contributed by atoms with Gasteiger partial charge in [-0.25, -0.2) is 0 Å². The molecule has 53 valence electrons. The second-order valence-corrected chi connectivity index (χ2v) is 0. The van der Waals surface area contributed by atoms with Gasteiger partial charge in [0.05, 0.1) is 0 Å². The van der Waals surface area contributed by atoms with Gasteiger partial charge in [-0.2, -0.15) is 0 Å². The third-order valence-corrected chi connectivity index (χ3v) is 0. The van der Waals surface area contributed by atoms with Gasteiger partial charge < -0.3 is 27.4 Å². The summed E-state index contributed by atoms with van der Waals surface area (Å²) in [5, 5.41) is 0. The summed E-state index contributed by atoms with van der Waals surface area (Å²) >= 11 is 0. The van der Waals surface area contributed by atoms with Crippen molar-refractivity contribution in [2.45, 2.75) is 0 Å². The van der Waals surface area contributed by atoms with E-state index in [1.54, 1.807) is 0 Å². The monoisotopic (exact) mass is 177 g/mol. The number of rotatable bonds is 0. The molecular formula is H11CuNaO5. The average Bonchev–Trinajstić information content (AvgIpc) is 0. The topological polar surface area (TPSA) is 158 Å². The Kier molecular flexibility index (Phi) is 6140. The van der Waals surface area contributed by atoms with Crippen LogP contribution >= 0.6 is 0 Å². The van der Waals surface area contributed by atoms with Gasteiger partial charge in [-0.3, -0.25) is 0 Å². The molecular weight excluding hydrogens is 167 g/mol. The molecule has 0 aliphatic heterocycles. The third kappa shape index (κ3) is 119. The van der Waals surface area contributed by atoms with Crippen LogP contribution in [-0.2, 0) is 17.1 Å². The van der Waals surface area contributed by atoms with Crippen LogP contribution in [0.15, 0.2) is 0 Å². The van der Waals surface area contributed by atoms with Crippen LogP contribution < -0.4 is 0 Å². The predicted octanol–water partition coefficient (Wildman–Crippen LogP) is -4.77. The van der Waals surface area contributed by atoms with E-state index in [1.165, 1.54) is 0 Å². The SMILES string of the molecule is O.O.O.O.O.[Cu].[NaH]. The molecule has 10 N–H and O–H groups in total. The minimum absolute atomic E-state index is 0. The van der Waals surface area contributed by atoms with Crippen molar-refractivity contribution in [3.8, 4) is 0 Å². The van der Waals surface area contributed by atoms with Gasteiger partial charge in [-0.15, -0.1) is 0 Å². The molecule has 0 rings (SSSR count). The Morgan fingerprint density at radius 3 is 0.429 bits per heavy atom. The number of hydrogen-bond acceptors (Lipinski definition) is 0. The van der Waals surface area contributed by atoms with Crippen molar-refractivity contribution in [1.82, 2.24) is 0 Å². The van der Waals surface area contributed by atoms with Crippen molar-refractivity contribution in [1.29, 1.82) is 0 Å². The Morgan fingerprint density at radius 2 is 0.429 bits per heavy atom. The van der Waals surface area contributed by atoms with Crippen LogP contribution in [0.1, 0.15) is 0 Å². The molecule has 0 aromatic rings. The Bertz CT molecular complexity index is 8.04. The molecule has 0 aromatic carbocycles. The molecule has 5 nitrogen and oxygen atoms in total. The zero-order chi connectivity index (χ0) is 0. The molecule has 0 aromatic heterocycles. The molecule has 0 aliphatic carbocycles. The van der Waals surface area contributed by atoms with E-state index in [2.05, 4.69) is 0 Å². The van der Waals surface area contributed by atoms with Crippen molar-refractivity contribution < 1.29 is 44.4 Å². The summed E-state index contributed by atoms with van der Waals surface area (Å²) in [6.07, 6.45) is 0. The first kappa shape index (κ1) is 256. The minimum atomic E-state index is 0. The summed E-state index contributed by atoms with van der Waals surface area (Å²) < 4.78 is 0. The maximum absolute atomic E-state index is 0. The summed E-state index contributed by atoms with van der Waals surface area (Å²) in [4.78, 5) is 0. The van der Waals surface area contributed by atoms with E-state index >= 15 is 0 Å². The van der Waals surface area contributed by atoms with E-state index < -0.39 is 0 Å². The molecule has 0 aliphatic rings. The Balaban J connectivity index is 0. The zero-order valence-electron chi connectivity index (χ0n) is 2.80. The van der Waals surface area contributed by atoms with Crippen LogP contribution in [0.5, 0.6) is 0 Å². The molecule has 0 amide bonds. The van der Waals surface area contributed by atoms with E-state index in [0.717, 1.165) is 0 Å². The molecule has 0 heterocycles. The van der Waals surface area contributed by atoms with E-state index in [-0.39, 0.29) is 74.0 Å². The second-order valence-electron chi connectivity index (χ2n) is 0. The van der Waals surface area contributed by atoms with Crippen LogP contribution in [0.25, 0.3) is 0 Å². The average molecular weight is 178 g/mol. The Hall–Kier alpha value is 1.32. The standard InChI is InChI=1S/Cu.Na.5H2O.H/h;;5*1H2;. The molecule has 7 heteroatoms. The van der Waals surface area contributed by atoms with Crippen LogP contribution in [-0.4, -0.2) is 56.9 Å². The van der Waals surface area contributed by atoms with E-state index in [4.69, 9.17) is 0 Å². The Labute approximate surface area is 73.8 Å². The Morgan fingerprint density at radius 1 is 0.429 bits per heavy atom. The number of hydrogen-bond donors (Lipinski definition) is 0. The summed E-state index contributed by atoms with van der Waals surface area (Å²) in [5.74, 6) is 0. The maximum atomic E-state index is 0. The molecule has 0 atom stereocenters. The normalized spacial score (nSPS) is 0. The van der Waals surface area contributed by atoms with Gasteiger partial charge in [0.15, 0.2) is 0 Å². The summed E-state index contributed by atoms with van der Waals surface area (Å²) in [6.45, 7) is 0.